The maximum absolute atomic E-state index is 12.5. The normalized spacial score (nSPS) is 10.5. The molecule has 0 aliphatic heterocycles. The molecular formula is C21H22ClN5O4. The number of hydrogen-bond acceptors (Lipinski definition) is 6. The molecule has 10 heteroatoms. The molecule has 0 unspecified atom stereocenters. The fourth-order valence-corrected chi connectivity index (χ4v) is 3.05. The Balaban J connectivity index is 1.63. The second-order valence-electron chi connectivity index (χ2n) is 6.49. The van der Waals surface area contributed by atoms with E-state index in [0.29, 0.717) is 40.2 Å². The van der Waals surface area contributed by atoms with Crippen LogP contribution in [-0.4, -0.2) is 40.5 Å². The van der Waals surface area contributed by atoms with Gasteiger partial charge in [-0.25, -0.2) is 4.68 Å². The third-order valence-corrected chi connectivity index (χ3v) is 4.65. The molecule has 0 aliphatic rings. The standard InChI is InChI=1S/C21H22ClN5O4/c1-4-31-16-8-5-14(6-9-16)24-21(29)20-13(2)27(26-25-20)12-19(28)23-15-7-10-18(30-3)17(22)11-15/h5-11H,4,12H2,1-3H3,(H,23,28)(H,24,29). The van der Waals surface area contributed by atoms with Gasteiger partial charge in [-0.15, -0.1) is 5.10 Å². The molecule has 0 atom stereocenters. The molecule has 0 saturated carbocycles. The highest BCUT2D eigenvalue weighted by atomic mass is 35.5. The van der Waals surface area contributed by atoms with E-state index in [1.807, 2.05) is 6.92 Å². The minimum atomic E-state index is -0.421. The number of nitrogens with one attached hydrogen (secondary N) is 2. The number of hydrogen-bond donors (Lipinski definition) is 2. The Bertz CT molecular complexity index is 1080. The molecule has 0 saturated heterocycles. The minimum Gasteiger partial charge on any atom is -0.495 e. The van der Waals surface area contributed by atoms with Crippen molar-refractivity contribution >= 4 is 34.8 Å². The summed E-state index contributed by atoms with van der Waals surface area (Å²) in [6.07, 6.45) is 0. The van der Waals surface area contributed by atoms with Crippen molar-refractivity contribution in [2.24, 2.45) is 0 Å². The van der Waals surface area contributed by atoms with Crippen LogP contribution in [0.1, 0.15) is 23.1 Å². The van der Waals surface area contributed by atoms with Crippen molar-refractivity contribution in [3.63, 3.8) is 0 Å². The number of nitrogens with zero attached hydrogens (tertiary/aromatic N) is 3. The predicted molar refractivity (Wildman–Crippen MR) is 117 cm³/mol. The first-order valence-corrected chi connectivity index (χ1v) is 9.86. The minimum absolute atomic E-state index is 0.112. The lowest BCUT2D eigenvalue weighted by atomic mass is 10.2. The van der Waals surface area contributed by atoms with Crippen LogP contribution in [0, 0.1) is 6.92 Å². The molecule has 2 amide bonds. The van der Waals surface area contributed by atoms with Gasteiger partial charge in [0.15, 0.2) is 5.69 Å². The van der Waals surface area contributed by atoms with Crippen LogP contribution >= 0.6 is 11.6 Å². The SMILES string of the molecule is CCOc1ccc(NC(=O)c2nnn(CC(=O)Nc3ccc(OC)c(Cl)c3)c2C)cc1. The third kappa shape index (κ3) is 5.52. The van der Waals surface area contributed by atoms with E-state index in [1.54, 1.807) is 49.4 Å². The fourth-order valence-electron chi connectivity index (χ4n) is 2.79. The molecule has 0 radical (unpaired) electrons. The molecule has 1 aromatic heterocycles. The number of amides is 2. The summed E-state index contributed by atoms with van der Waals surface area (Å²) in [6, 6.07) is 11.9. The van der Waals surface area contributed by atoms with Crippen molar-refractivity contribution in [2.45, 2.75) is 20.4 Å². The third-order valence-electron chi connectivity index (χ3n) is 4.35. The zero-order valence-electron chi connectivity index (χ0n) is 17.3. The summed E-state index contributed by atoms with van der Waals surface area (Å²) in [5.41, 5.74) is 1.71. The van der Waals surface area contributed by atoms with Crippen LogP contribution in [0.3, 0.4) is 0 Å². The number of anilines is 2. The van der Waals surface area contributed by atoms with Gasteiger partial charge in [-0.2, -0.15) is 0 Å². The number of rotatable bonds is 8. The first kappa shape index (κ1) is 22.1. The lowest BCUT2D eigenvalue weighted by molar-refractivity contribution is -0.117. The Morgan fingerprint density at radius 3 is 2.45 bits per heavy atom. The van der Waals surface area contributed by atoms with Crippen molar-refractivity contribution in [3.8, 4) is 11.5 Å². The number of carbonyl (C=O) groups excluding carboxylic acids is 2. The Hall–Kier alpha value is -3.59. The van der Waals surface area contributed by atoms with Gasteiger partial charge in [0.1, 0.15) is 18.0 Å². The van der Waals surface area contributed by atoms with Gasteiger partial charge >= 0.3 is 0 Å². The fraction of sp³-hybridized carbons (Fsp3) is 0.238. The van der Waals surface area contributed by atoms with Gasteiger partial charge in [-0.3, -0.25) is 9.59 Å². The Morgan fingerprint density at radius 1 is 1.10 bits per heavy atom. The molecule has 31 heavy (non-hydrogen) atoms. The van der Waals surface area contributed by atoms with Gasteiger partial charge in [0.25, 0.3) is 5.91 Å². The summed E-state index contributed by atoms with van der Waals surface area (Å²) in [7, 11) is 1.51. The molecular weight excluding hydrogens is 422 g/mol. The van der Waals surface area contributed by atoms with E-state index in [0.717, 1.165) is 0 Å². The summed E-state index contributed by atoms with van der Waals surface area (Å²) < 4.78 is 11.8. The van der Waals surface area contributed by atoms with Gasteiger partial charge in [-0.05, 0) is 56.3 Å². The Morgan fingerprint density at radius 2 is 1.81 bits per heavy atom. The van der Waals surface area contributed by atoms with E-state index in [4.69, 9.17) is 21.1 Å². The summed E-state index contributed by atoms with van der Waals surface area (Å²) >= 11 is 6.07. The highest BCUT2D eigenvalue weighted by Crippen LogP contribution is 2.27. The van der Waals surface area contributed by atoms with Crippen molar-refractivity contribution in [1.29, 1.82) is 0 Å². The molecule has 0 fully saturated rings. The first-order chi connectivity index (χ1) is 14.9. The maximum Gasteiger partial charge on any atom is 0.278 e. The Labute approximate surface area is 184 Å². The number of methoxy groups -OCH3 is 1. The van der Waals surface area contributed by atoms with Crippen molar-refractivity contribution < 1.29 is 19.1 Å². The van der Waals surface area contributed by atoms with E-state index < -0.39 is 5.91 Å². The monoisotopic (exact) mass is 443 g/mol. The van der Waals surface area contributed by atoms with Crippen molar-refractivity contribution in [1.82, 2.24) is 15.0 Å². The predicted octanol–water partition coefficient (Wildman–Crippen LogP) is 3.54. The zero-order chi connectivity index (χ0) is 22.4. The first-order valence-electron chi connectivity index (χ1n) is 9.49. The van der Waals surface area contributed by atoms with Gasteiger partial charge in [-0.1, -0.05) is 16.8 Å². The van der Waals surface area contributed by atoms with E-state index in [2.05, 4.69) is 20.9 Å². The van der Waals surface area contributed by atoms with Crippen LogP contribution in [0.2, 0.25) is 5.02 Å². The van der Waals surface area contributed by atoms with Crippen LogP contribution in [0.5, 0.6) is 11.5 Å². The number of carbonyl (C=O) groups is 2. The van der Waals surface area contributed by atoms with Crippen LogP contribution in [0.4, 0.5) is 11.4 Å². The molecule has 0 spiro atoms. The van der Waals surface area contributed by atoms with Crippen molar-refractivity contribution in [3.05, 3.63) is 58.9 Å². The van der Waals surface area contributed by atoms with Gasteiger partial charge in [0.2, 0.25) is 5.91 Å². The molecule has 0 aliphatic carbocycles. The van der Waals surface area contributed by atoms with Gasteiger partial charge in [0, 0.05) is 11.4 Å². The number of halogens is 1. The molecule has 3 aromatic rings. The second kappa shape index (κ2) is 9.94. The van der Waals surface area contributed by atoms with Crippen LogP contribution < -0.4 is 20.1 Å². The Kier molecular flexibility index (Phi) is 7.09. The van der Waals surface area contributed by atoms with E-state index in [1.165, 1.54) is 11.8 Å². The van der Waals surface area contributed by atoms with Crippen LogP contribution in [-0.2, 0) is 11.3 Å². The molecule has 9 nitrogen and oxygen atoms in total. The van der Waals surface area contributed by atoms with E-state index >= 15 is 0 Å². The zero-order valence-corrected chi connectivity index (χ0v) is 18.1. The largest absolute Gasteiger partial charge is 0.495 e. The highest BCUT2D eigenvalue weighted by molar-refractivity contribution is 6.32. The molecule has 2 aromatic carbocycles. The molecule has 1 heterocycles. The lowest BCUT2D eigenvalue weighted by Gasteiger charge is -2.09. The summed E-state index contributed by atoms with van der Waals surface area (Å²) in [4.78, 5) is 24.9. The van der Waals surface area contributed by atoms with E-state index in [-0.39, 0.29) is 18.1 Å². The summed E-state index contributed by atoms with van der Waals surface area (Å²) in [5, 5.41) is 13.7. The van der Waals surface area contributed by atoms with Crippen molar-refractivity contribution in [2.75, 3.05) is 24.4 Å². The maximum atomic E-state index is 12.5. The second-order valence-corrected chi connectivity index (χ2v) is 6.90. The summed E-state index contributed by atoms with van der Waals surface area (Å²) in [5.74, 6) is 0.463. The average Bonchev–Trinajstić information content (AvgIpc) is 3.10. The topological polar surface area (TPSA) is 107 Å². The molecule has 3 rings (SSSR count). The van der Waals surface area contributed by atoms with E-state index in [9.17, 15) is 9.59 Å². The average molecular weight is 444 g/mol. The van der Waals surface area contributed by atoms with Gasteiger partial charge < -0.3 is 20.1 Å². The van der Waals surface area contributed by atoms with Gasteiger partial charge in [0.05, 0.1) is 24.4 Å². The number of benzene rings is 2. The molecule has 0 bridgehead atoms. The summed E-state index contributed by atoms with van der Waals surface area (Å²) in [6.45, 7) is 4.02. The molecule has 162 valence electrons. The van der Waals surface area contributed by atoms with Crippen LogP contribution in [0.15, 0.2) is 42.5 Å². The number of ether oxygens (including phenoxy) is 2. The quantitative estimate of drug-likeness (QED) is 0.551. The highest BCUT2D eigenvalue weighted by Gasteiger charge is 2.18. The molecule has 2 N–H and O–H groups in total. The number of aromatic nitrogens is 3. The van der Waals surface area contributed by atoms with Crippen LogP contribution in [0.25, 0.3) is 0 Å². The lowest BCUT2D eigenvalue weighted by Crippen LogP contribution is -2.21. The smallest absolute Gasteiger partial charge is 0.278 e.